The maximum Gasteiger partial charge on any atom is 0.268 e. The van der Waals surface area contributed by atoms with E-state index < -0.39 is 6.10 Å². The molecule has 28 heavy (non-hydrogen) atoms. The molecule has 2 N–H and O–H groups in total. The minimum Gasteiger partial charge on any atom is -0.497 e. The number of methoxy groups -OCH3 is 1. The van der Waals surface area contributed by atoms with Crippen molar-refractivity contribution in [2.24, 2.45) is 0 Å². The van der Waals surface area contributed by atoms with Gasteiger partial charge in [-0.3, -0.25) is 4.79 Å². The molecule has 2 aromatic heterocycles. The standard InChI is InChI=1S/C21H25N3O3S/c1-13(25)12-22-21-23-19-18(16-6-4-3-5-7-17(16)28-19)20(26)24(21)14-8-10-15(27-2)11-9-14/h8-11,13,25H,3-7,12H2,1-2H3,(H,22,23)/t13-/m0/s1. The number of anilines is 1. The topological polar surface area (TPSA) is 76.4 Å². The van der Waals surface area contributed by atoms with Crippen molar-refractivity contribution >= 4 is 27.5 Å². The third kappa shape index (κ3) is 3.52. The van der Waals surface area contributed by atoms with Gasteiger partial charge in [0.1, 0.15) is 10.6 Å². The van der Waals surface area contributed by atoms with E-state index in [2.05, 4.69) is 5.32 Å². The Balaban J connectivity index is 1.92. The summed E-state index contributed by atoms with van der Waals surface area (Å²) >= 11 is 1.64. The number of aromatic nitrogens is 2. The molecule has 0 aliphatic heterocycles. The van der Waals surface area contributed by atoms with Crippen LogP contribution in [0.4, 0.5) is 5.95 Å². The van der Waals surface area contributed by atoms with Gasteiger partial charge in [-0.05, 0) is 62.4 Å². The maximum atomic E-state index is 13.6. The zero-order chi connectivity index (χ0) is 19.7. The number of aliphatic hydroxyl groups is 1. The van der Waals surface area contributed by atoms with Gasteiger partial charge in [-0.2, -0.15) is 0 Å². The number of thiophene rings is 1. The monoisotopic (exact) mass is 399 g/mol. The van der Waals surface area contributed by atoms with Crippen molar-refractivity contribution < 1.29 is 9.84 Å². The van der Waals surface area contributed by atoms with Gasteiger partial charge in [0.2, 0.25) is 5.95 Å². The van der Waals surface area contributed by atoms with E-state index in [1.807, 2.05) is 24.3 Å². The molecule has 0 radical (unpaired) electrons. The maximum absolute atomic E-state index is 13.6. The molecule has 7 heteroatoms. The van der Waals surface area contributed by atoms with Crippen LogP contribution in [0.3, 0.4) is 0 Å². The second-order valence-electron chi connectivity index (χ2n) is 7.25. The lowest BCUT2D eigenvalue weighted by molar-refractivity contribution is 0.208. The van der Waals surface area contributed by atoms with Gasteiger partial charge in [-0.15, -0.1) is 11.3 Å². The van der Waals surface area contributed by atoms with E-state index in [0.29, 0.717) is 12.5 Å². The van der Waals surface area contributed by atoms with Crippen LogP contribution in [0.1, 0.15) is 36.6 Å². The Kier molecular flexibility index (Phi) is 5.37. The number of benzene rings is 1. The first-order chi connectivity index (χ1) is 13.6. The van der Waals surface area contributed by atoms with Crippen molar-refractivity contribution in [2.75, 3.05) is 19.0 Å². The van der Waals surface area contributed by atoms with Gasteiger partial charge < -0.3 is 15.2 Å². The molecule has 0 amide bonds. The van der Waals surface area contributed by atoms with E-state index in [1.54, 1.807) is 29.9 Å². The van der Waals surface area contributed by atoms with Crippen LogP contribution >= 0.6 is 11.3 Å². The van der Waals surface area contributed by atoms with Crippen LogP contribution in [-0.2, 0) is 12.8 Å². The molecule has 148 valence electrons. The molecular weight excluding hydrogens is 374 g/mol. The molecule has 2 heterocycles. The first kappa shape index (κ1) is 19.0. The van der Waals surface area contributed by atoms with E-state index in [1.165, 1.54) is 23.3 Å². The molecule has 0 spiro atoms. The number of rotatable bonds is 5. The Morgan fingerprint density at radius 2 is 2.00 bits per heavy atom. The molecule has 3 aromatic rings. The average molecular weight is 400 g/mol. The minimum atomic E-state index is -0.544. The van der Waals surface area contributed by atoms with Crippen molar-refractivity contribution in [2.45, 2.75) is 45.1 Å². The predicted octanol–water partition coefficient (Wildman–Crippen LogP) is 3.52. The average Bonchev–Trinajstić information content (AvgIpc) is 2.88. The SMILES string of the molecule is COc1ccc(-n2c(NC[C@H](C)O)nc3sc4c(c3c2=O)CCCCC4)cc1. The molecule has 6 nitrogen and oxygen atoms in total. The lowest BCUT2D eigenvalue weighted by Gasteiger charge is -2.15. The number of aliphatic hydroxyl groups excluding tert-OH is 1. The second-order valence-corrected chi connectivity index (χ2v) is 8.33. The van der Waals surface area contributed by atoms with Gasteiger partial charge in [-0.1, -0.05) is 6.42 Å². The number of nitrogens with one attached hydrogen (secondary N) is 1. The number of fused-ring (bicyclic) bond motifs is 3. The minimum absolute atomic E-state index is 0.0531. The van der Waals surface area contributed by atoms with Crippen LogP contribution in [0.25, 0.3) is 15.9 Å². The van der Waals surface area contributed by atoms with Crippen molar-refractivity contribution in [3.8, 4) is 11.4 Å². The predicted molar refractivity (Wildman–Crippen MR) is 113 cm³/mol. The van der Waals surface area contributed by atoms with Crippen LogP contribution in [0.2, 0.25) is 0 Å². The molecule has 0 unspecified atom stereocenters. The molecular formula is C21H25N3O3S. The van der Waals surface area contributed by atoms with E-state index in [-0.39, 0.29) is 5.56 Å². The highest BCUT2D eigenvalue weighted by Gasteiger charge is 2.22. The number of hydrogen-bond donors (Lipinski definition) is 2. The summed E-state index contributed by atoms with van der Waals surface area (Å²) in [4.78, 5) is 20.5. The van der Waals surface area contributed by atoms with Crippen LogP contribution in [0.5, 0.6) is 5.75 Å². The zero-order valence-corrected chi connectivity index (χ0v) is 17.0. The van der Waals surface area contributed by atoms with Crippen molar-refractivity contribution in [1.29, 1.82) is 0 Å². The van der Waals surface area contributed by atoms with E-state index in [9.17, 15) is 9.90 Å². The van der Waals surface area contributed by atoms with Gasteiger partial charge >= 0.3 is 0 Å². The Morgan fingerprint density at radius 3 is 2.71 bits per heavy atom. The summed E-state index contributed by atoms with van der Waals surface area (Å²) < 4.78 is 6.85. The molecule has 4 rings (SSSR count). The molecule has 1 aromatic carbocycles. The van der Waals surface area contributed by atoms with Crippen molar-refractivity contribution in [3.05, 3.63) is 45.1 Å². The molecule has 0 saturated heterocycles. The summed E-state index contributed by atoms with van der Waals surface area (Å²) in [6.07, 6.45) is 4.90. The van der Waals surface area contributed by atoms with Crippen molar-refractivity contribution in [3.63, 3.8) is 0 Å². The number of hydrogen-bond acceptors (Lipinski definition) is 6. The van der Waals surface area contributed by atoms with Gasteiger partial charge in [-0.25, -0.2) is 9.55 Å². The number of ether oxygens (including phenoxy) is 1. The van der Waals surface area contributed by atoms with Gasteiger partial charge in [0.05, 0.1) is 24.3 Å². The van der Waals surface area contributed by atoms with Gasteiger partial charge in [0.15, 0.2) is 0 Å². The highest BCUT2D eigenvalue weighted by molar-refractivity contribution is 7.18. The Labute approximate surface area is 167 Å². The molecule has 0 saturated carbocycles. The molecule has 0 fully saturated rings. The summed E-state index contributed by atoms with van der Waals surface area (Å²) in [5, 5.41) is 13.6. The first-order valence-corrected chi connectivity index (χ1v) is 10.5. The van der Waals surface area contributed by atoms with E-state index in [0.717, 1.165) is 40.9 Å². The van der Waals surface area contributed by atoms with E-state index >= 15 is 0 Å². The molecule has 1 aliphatic rings. The second kappa shape index (κ2) is 7.93. The number of aryl methyl sites for hydroxylation is 2. The van der Waals surface area contributed by atoms with Gasteiger partial charge in [0.25, 0.3) is 5.56 Å². The Hall–Kier alpha value is -2.38. The smallest absolute Gasteiger partial charge is 0.268 e. The first-order valence-electron chi connectivity index (χ1n) is 9.72. The van der Waals surface area contributed by atoms with Crippen LogP contribution in [0.15, 0.2) is 29.1 Å². The lowest BCUT2D eigenvalue weighted by atomic mass is 10.1. The third-order valence-corrected chi connectivity index (χ3v) is 6.31. The quantitative estimate of drug-likeness (QED) is 0.642. The highest BCUT2D eigenvalue weighted by Crippen LogP contribution is 2.34. The zero-order valence-electron chi connectivity index (χ0n) is 16.2. The fourth-order valence-electron chi connectivity index (χ4n) is 3.71. The lowest BCUT2D eigenvalue weighted by Crippen LogP contribution is -2.26. The molecule has 1 atom stereocenters. The molecule has 0 bridgehead atoms. The summed E-state index contributed by atoms with van der Waals surface area (Å²) in [7, 11) is 1.62. The van der Waals surface area contributed by atoms with Crippen molar-refractivity contribution in [1.82, 2.24) is 9.55 Å². The van der Waals surface area contributed by atoms with Gasteiger partial charge in [0, 0.05) is 11.4 Å². The normalized spacial score (nSPS) is 15.1. The summed E-state index contributed by atoms with van der Waals surface area (Å²) in [6.45, 7) is 2.02. The molecule has 1 aliphatic carbocycles. The van der Waals surface area contributed by atoms with Crippen LogP contribution < -0.4 is 15.6 Å². The largest absolute Gasteiger partial charge is 0.497 e. The van der Waals surface area contributed by atoms with Crippen LogP contribution in [0, 0.1) is 0 Å². The van der Waals surface area contributed by atoms with Crippen LogP contribution in [-0.4, -0.2) is 34.4 Å². The Morgan fingerprint density at radius 1 is 1.25 bits per heavy atom. The summed E-state index contributed by atoms with van der Waals surface area (Å²) in [5.41, 5.74) is 1.85. The highest BCUT2D eigenvalue weighted by atomic mass is 32.1. The third-order valence-electron chi connectivity index (χ3n) is 5.13. The summed E-state index contributed by atoms with van der Waals surface area (Å²) in [6, 6.07) is 7.37. The fraction of sp³-hybridized carbons (Fsp3) is 0.429. The summed E-state index contributed by atoms with van der Waals surface area (Å²) in [5.74, 6) is 1.19. The fourth-order valence-corrected chi connectivity index (χ4v) is 4.96. The van der Waals surface area contributed by atoms with E-state index in [4.69, 9.17) is 9.72 Å². The number of nitrogens with zero attached hydrogens (tertiary/aromatic N) is 2. The Bertz CT molecular complexity index is 1040.